The van der Waals surface area contributed by atoms with Crippen molar-refractivity contribution in [1.29, 1.82) is 0 Å². The van der Waals surface area contributed by atoms with E-state index in [2.05, 4.69) is 60.0 Å². The van der Waals surface area contributed by atoms with Gasteiger partial charge in [0, 0.05) is 16.6 Å². The van der Waals surface area contributed by atoms with Crippen LogP contribution in [0, 0.1) is 0 Å². The zero-order chi connectivity index (χ0) is 11.5. The number of halogens is 1. The third-order valence-electron chi connectivity index (χ3n) is 3.05. The molecule has 15 heavy (non-hydrogen) atoms. The molecule has 0 saturated carbocycles. The summed E-state index contributed by atoms with van der Waals surface area (Å²) in [4.78, 5) is 2.19. The SMILES string of the molecule is CN(C)C(C)(CN)Cc1ccccc1Br. The van der Waals surface area contributed by atoms with Crippen LogP contribution in [0.3, 0.4) is 0 Å². The second kappa shape index (κ2) is 5.10. The first-order valence-corrected chi connectivity index (χ1v) is 5.90. The van der Waals surface area contributed by atoms with Gasteiger partial charge in [-0.25, -0.2) is 0 Å². The maximum absolute atomic E-state index is 5.85. The molecule has 1 aromatic rings. The van der Waals surface area contributed by atoms with Gasteiger partial charge in [-0.05, 0) is 39.1 Å². The molecular formula is C12H19BrN2. The number of hydrogen-bond acceptors (Lipinski definition) is 2. The average Bonchev–Trinajstić information content (AvgIpc) is 2.21. The highest BCUT2D eigenvalue weighted by molar-refractivity contribution is 9.10. The maximum Gasteiger partial charge on any atom is 0.0338 e. The molecule has 0 spiro atoms. The van der Waals surface area contributed by atoms with Crippen molar-refractivity contribution in [1.82, 2.24) is 4.90 Å². The summed E-state index contributed by atoms with van der Waals surface area (Å²) >= 11 is 3.57. The van der Waals surface area contributed by atoms with Gasteiger partial charge in [-0.3, -0.25) is 0 Å². The van der Waals surface area contributed by atoms with Crippen molar-refractivity contribution in [2.24, 2.45) is 5.73 Å². The van der Waals surface area contributed by atoms with Gasteiger partial charge in [-0.2, -0.15) is 0 Å². The molecule has 3 heteroatoms. The van der Waals surface area contributed by atoms with Crippen LogP contribution in [0.25, 0.3) is 0 Å². The van der Waals surface area contributed by atoms with E-state index in [1.165, 1.54) is 5.56 Å². The summed E-state index contributed by atoms with van der Waals surface area (Å²) in [6.07, 6.45) is 0.956. The summed E-state index contributed by atoms with van der Waals surface area (Å²) < 4.78 is 1.16. The molecule has 0 radical (unpaired) electrons. The van der Waals surface area contributed by atoms with Gasteiger partial charge in [0.2, 0.25) is 0 Å². The molecule has 1 rings (SSSR count). The first-order valence-electron chi connectivity index (χ1n) is 5.10. The zero-order valence-electron chi connectivity index (χ0n) is 9.63. The number of nitrogens with zero attached hydrogens (tertiary/aromatic N) is 1. The molecule has 0 aliphatic heterocycles. The van der Waals surface area contributed by atoms with E-state index >= 15 is 0 Å². The van der Waals surface area contributed by atoms with E-state index in [9.17, 15) is 0 Å². The van der Waals surface area contributed by atoms with Crippen LogP contribution in [0.4, 0.5) is 0 Å². The van der Waals surface area contributed by atoms with Crippen LogP contribution < -0.4 is 5.73 Å². The normalized spacial score (nSPS) is 15.3. The fraction of sp³-hybridized carbons (Fsp3) is 0.500. The Morgan fingerprint density at radius 2 is 1.93 bits per heavy atom. The van der Waals surface area contributed by atoms with Crippen molar-refractivity contribution in [2.75, 3.05) is 20.6 Å². The fourth-order valence-corrected chi connectivity index (χ4v) is 1.89. The molecule has 0 amide bonds. The second-order valence-electron chi connectivity index (χ2n) is 4.36. The van der Waals surface area contributed by atoms with Crippen molar-refractivity contribution in [3.8, 4) is 0 Å². The summed E-state index contributed by atoms with van der Waals surface area (Å²) in [7, 11) is 4.15. The maximum atomic E-state index is 5.85. The number of rotatable bonds is 4. The van der Waals surface area contributed by atoms with Gasteiger partial charge in [-0.15, -0.1) is 0 Å². The highest BCUT2D eigenvalue weighted by Crippen LogP contribution is 2.23. The van der Waals surface area contributed by atoms with Gasteiger partial charge >= 0.3 is 0 Å². The van der Waals surface area contributed by atoms with Crippen molar-refractivity contribution in [3.63, 3.8) is 0 Å². The third kappa shape index (κ3) is 3.03. The number of likely N-dealkylation sites (N-methyl/N-ethyl adjacent to an activating group) is 1. The van der Waals surface area contributed by atoms with E-state index in [1.54, 1.807) is 0 Å². The molecule has 2 nitrogen and oxygen atoms in total. The Labute approximate surface area is 101 Å². The van der Waals surface area contributed by atoms with Crippen LogP contribution in [0.5, 0.6) is 0 Å². The minimum atomic E-state index is 0.0177. The monoisotopic (exact) mass is 270 g/mol. The fourth-order valence-electron chi connectivity index (χ4n) is 1.46. The molecule has 0 aliphatic rings. The molecule has 1 aromatic carbocycles. The van der Waals surface area contributed by atoms with Gasteiger partial charge in [0.05, 0.1) is 0 Å². The average molecular weight is 271 g/mol. The van der Waals surface area contributed by atoms with Crippen LogP contribution >= 0.6 is 15.9 Å². The van der Waals surface area contributed by atoms with E-state index in [1.807, 2.05) is 6.07 Å². The summed E-state index contributed by atoms with van der Waals surface area (Å²) in [6, 6.07) is 8.30. The molecule has 0 aliphatic carbocycles. The van der Waals surface area contributed by atoms with Crippen LogP contribution in [-0.2, 0) is 6.42 Å². The minimum absolute atomic E-state index is 0.0177. The predicted molar refractivity (Wildman–Crippen MR) is 69.0 cm³/mol. The lowest BCUT2D eigenvalue weighted by Crippen LogP contribution is -2.49. The Hall–Kier alpha value is -0.380. The summed E-state index contributed by atoms with van der Waals surface area (Å²) in [6.45, 7) is 2.84. The lowest BCUT2D eigenvalue weighted by atomic mass is 9.92. The van der Waals surface area contributed by atoms with Gasteiger partial charge < -0.3 is 10.6 Å². The van der Waals surface area contributed by atoms with E-state index in [4.69, 9.17) is 5.73 Å². The third-order valence-corrected chi connectivity index (χ3v) is 3.82. The van der Waals surface area contributed by atoms with Gasteiger partial charge in [0.15, 0.2) is 0 Å². The molecule has 0 aromatic heterocycles. The number of benzene rings is 1. The molecule has 1 atom stereocenters. The van der Waals surface area contributed by atoms with Crippen LogP contribution in [0.15, 0.2) is 28.7 Å². The van der Waals surface area contributed by atoms with Crippen LogP contribution in [0.2, 0.25) is 0 Å². The molecule has 2 N–H and O–H groups in total. The van der Waals surface area contributed by atoms with Crippen LogP contribution in [0.1, 0.15) is 12.5 Å². The number of nitrogens with two attached hydrogens (primary N) is 1. The van der Waals surface area contributed by atoms with E-state index in [-0.39, 0.29) is 5.54 Å². The Balaban J connectivity index is 2.89. The zero-order valence-corrected chi connectivity index (χ0v) is 11.2. The Morgan fingerprint density at radius 1 is 1.33 bits per heavy atom. The number of hydrogen-bond donors (Lipinski definition) is 1. The smallest absolute Gasteiger partial charge is 0.0338 e. The molecule has 1 unspecified atom stereocenters. The standard InChI is InChI=1S/C12H19BrN2/c1-12(9-14,15(2)3)8-10-6-4-5-7-11(10)13/h4-7H,8-9,14H2,1-3H3. The Morgan fingerprint density at radius 3 is 2.40 bits per heavy atom. The van der Waals surface area contributed by atoms with Gasteiger partial charge in [0.25, 0.3) is 0 Å². The Kier molecular flexibility index (Phi) is 4.32. The highest BCUT2D eigenvalue weighted by atomic mass is 79.9. The second-order valence-corrected chi connectivity index (χ2v) is 5.22. The quantitative estimate of drug-likeness (QED) is 0.910. The summed E-state index contributed by atoms with van der Waals surface area (Å²) in [5.41, 5.74) is 7.17. The lowest BCUT2D eigenvalue weighted by molar-refractivity contribution is 0.181. The largest absolute Gasteiger partial charge is 0.329 e. The molecule has 84 valence electrons. The van der Waals surface area contributed by atoms with Crippen molar-refractivity contribution >= 4 is 15.9 Å². The van der Waals surface area contributed by atoms with Gasteiger partial charge in [-0.1, -0.05) is 34.1 Å². The van der Waals surface area contributed by atoms with Gasteiger partial charge in [0.1, 0.15) is 0 Å². The minimum Gasteiger partial charge on any atom is -0.329 e. The first-order chi connectivity index (χ1) is 6.99. The van der Waals surface area contributed by atoms with Crippen molar-refractivity contribution in [3.05, 3.63) is 34.3 Å². The summed E-state index contributed by atoms with van der Waals surface area (Å²) in [5.74, 6) is 0. The van der Waals surface area contributed by atoms with Crippen molar-refractivity contribution < 1.29 is 0 Å². The Bertz CT molecular complexity index is 325. The van der Waals surface area contributed by atoms with Crippen molar-refractivity contribution in [2.45, 2.75) is 18.9 Å². The molecule has 0 saturated heterocycles. The highest BCUT2D eigenvalue weighted by Gasteiger charge is 2.25. The van der Waals surface area contributed by atoms with E-state index < -0.39 is 0 Å². The molecule has 0 heterocycles. The molecule has 0 bridgehead atoms. The summed E-state index contributed by atoms with van der Waals surface area (Å²) in [5, 5.41) is 0. The van der Waals surface area contributed by atoms with E-state index in [0.717, 1.165) is 10.9 Å². The predicted octanol–water partition coefficient (Wildman–Crippen LogP) is 2.27. The van der Waals surface area contributed by atoms with E-state index in [0.29, 0.717) is 6.54 Å². The molecular weight excluding hydrogens is 252 g/mol. The topological polar surface area (TPSA) is 29.3 Å². The van der Waals surface area contributed by atoms with Crippen LogP contribution in [-0.4, -0.2) is 31.1 Å². The lowest BCUT2D eigenvalue weighted by Gasteiger charge is -2.35. The first kappa shape index (κ1) is 12.7. The molecule has 0 fully saturated rings.